The smallest absolute Gasteiger partial charge is 0.410 e. The standard InChI is InChI=1S/C38H42ClNO4/c1-6-29-23-33-32(35(39)36(29)43-25-28-15-11-8-12-16-28)21-22-40(37(41)44-38(3,4)5)26(2)34(33)30-17-19-31(20-18-30)42-24-27-13-9-7-10-14-27/h7-20,23,26,34H,6,21-22,24-25H2,1-5H3. The summed E-state index contributed by atoms with van der Waals surface area (Å²) in [5.74, 6) is 1.38. The maximum absolute atomic E-state index is 13.5. The van der Waals surface area contributed by atoms with Crippen molar-refractivity contribution in [1.82, 2.24) is 4.90 Å². The molecule has 44 heavy (non-hydrogen) atoms. The van der Waals surface area contributed by atoms with E-state index in [4.69, 9.17) is 25.8 Å². The van der Waals surface area contributed by atoms with Crippen LogP contribution in [0, 0.1) is 0 Å². The lowest BCUT2D eigenvalue weighted by atomic mass is 9.82. The van der Waals surface area contributed by atoms with E-state index in [1.165, 1.54) is 0 Å². The molecule has 2 unspecified atom stereocenters. The number of ether oxygens (including phenoxy) is 3. The maximum Gasteiger partial charge on any atom is 0.410 e. The van der Waals surface area contributed by atoms with E-state index in [1.807, 2.05) is 86.3 Å². The molecule has 6 heteroatoms. The molecule has 1 heterocycles. The molecule has 0 saturated carbocycles. The molecule has 1 aliphatic heterocycles. The van der Waals surface area contributed by atoms with Gasteiger partial charge in [-0.15, -0.1) is 0 Å². The van der Waals surface area contributed by atoms with Gasteiger partial charge in [0, 0.05) is 18.5 Å². The lowest BCUT2D eigenvalue weighted by molar-refractivity contribution is 0.0172. The zero-order valence-electron chi connectivity index (χ0n) is 26.3. The number of benzene rings is 4. The lowest BCUT2D eigenvalue weighted by Crippen LogP contribution is -2.44. The van der Waals surface area contributed by atoms with E-state index in [1.54, 1.807) is 0 Å². The first-order chi connectivity index (χ1) is 21.1. The third-order valence-corrected chi connectivity index (χ3v) is 8.47. The second-order valence-corrected chi connectivity index (χ2v) is 12.7. The summed E-state index contributed by atoms with van der Waals surface area (Å²) in [4.78, 5) is 15.4. The molecule has 0 aromatic heterocycles. The summed E-state index contributed by atoms with van der Waals surface area (Å²) in [5.41, 5.74) is 5.86. The van der Waals surface area contributed by atoms with E-state index in [-0.39, 0.29) is 18.1 Å². The number of fused-ring (bicyclic) bond motifs is 1. The fraction of sp³-hybridized carbons (Fsp3) is 0.342. The van der Waals surface area contributed by atoms with Gasteiger partial charge < -0.3 is 19.1 Å². The molecule has 0 radical (unpaired) electrons. The summed E-state index contributed by atoms with van der Waals surface area (Å²) in [5, 5.41) is 0.626. The molecular formula is C38H42ClNO4. The van der Waals surface area contributed by atoms with Gasteiger partial charge in [0.25, 0.3) is 0 Å². The summed E-state index contributed by atoms with van der Waals surface area (Å²) < 4.78 is 18.3. The van der Waals surface area contributed by atoms with Crippen LogP contribution < -0.4 is 9.47 Å². The Hall–Kier alpha value is -3.96. The molecule has 4 aromatic rings. The molecular weight excluding hydrogens is 570 g/mol. The molecule has 4 aromatic carbocycles. The fourth-order valence-corrected chi connectivity index (χ4v) is 6.23. The van der Waals surface area contributed by atoms with Crippen molar-refractivity contribution in [2.45, 2.75) is 78.2 Å². The molecule has 5 nitrogen and oxygen atoms in total. The van der Waals surface area contributed by atoms with Gasteiger partial charge in [-0.2, -0.15) is 0 Å². The Bertz CT molecular complexity index is 1550. The van der Waals surface area contributed by atoms with Gasteiger partial charge in [-0.3, -0.25) is 0 Å². The van der Waals surface area contributed by atoms with Gasteiger partial charge in [-0.05, 0) is 86.1 Å². The molecule has 0 saturated heterocycles. The second-order valence-electron chi connectivity index (χ2n) is 12.4. The molecule has 5 rings (SSSR count). The van der Waals surface area contributed by atoms with Gasteiger partial charge in [0.2, 0.25) is 0 Å². The highest BCUT2D eigenvalue weighted by Gasteiger charge is 2.37. The summed E-state index contributed by atoms with van der Waals surface area (Å²) in [6.45, 7) is 11.3. The van der Waals surface area contributed by atoms with Gasteiger partial charge in [0.05, 0.1) is 5.02 Å². The minimum Gasteiger partial charge on any atom is -0.489 e. The molecule has 230 valence electrons. The average molecular weight is 612 g/mol. The van der Waals surface area contributed by atoms with Crippen molar-refractivity contribution < 1.29 is 19.0 Å². The van der Waals surface area contributed by atoms with Crippen molar-refractivity contribution in [3.05, 3.63) is 129 Å². The van der Waals surface area contributed by atoms with E-state index < -0.39 is 5.60 Å². The Balaban J connectivity index is 1.51. The van der Waals surface area contributed by atoms with E-state index in [2.05, 4.69) is 44.2 Å². The summed E-state index contributed by atoms with van der Waals surface area (Å²) >= 11 is 7.23. The second kappa shape index (κ2) is 13.8. The number of rotatable bonds is 8. The Morgan fingerprint density at radius 2 is 1.48 bits per heavy atom. The van der Waals surface area contributed by atoms with Gasteiger partial charge >= 0.3 is 6.09 Å². The van der Waals surface area contributed by atoms with Crippen molar-refractivity contribution in [3.8, 4) is 11.5 Å². The minimum absolute atomic E-state index is 0.130. The van der Waals surface area contributed by atoms with Crippen LogP contribution in [-0.4, -0.2) is 29.2 Å². The number of carbonyl (C=O) groups is 1. The highest BCUT2D eigenvalue weighted by Crippen LogP contribution is 2.44. The number of aryl methyl sites for hydroxylation is 1. The Morgan fingerprint density at radius 3 is 2.05 bits per heavy atom. The largest absolute Gasteiger partial charge is 0.489 e. The van der Waals surface area contributed by atoms with Crippen LogP contribution in [0.3, 0.4) is 0 Å². The van der Waals surface area contributed by atoms with Crippen LogP contribution in [0.25, 0.3) is 0 Å². The first kappa shape index (κ1) is 31.5. The van der Waals surface area contributed by atoms with Gasteiger partial charge in [-0.1, -0.05) is 97.4 Å². The van der Waals surface area contributed by atoms with Crippen LogP contribution in [-0.2, 0) is 30.8 Å². The van der Waals surface area contributed by atoms with Crippen molar-refractivity contribution in [2.24, 2.45) is 0 Å². The highest BCUT2D eigenvalue weighted by molar-refractivity contribution is 6.33. The Labute approximate surface area is 266 Å². The zero-order valence-corrected chi connectivity index (χ0v) is 27.1. The number of hydrogen-bond acceptors (Lipinski definition) is 4. The quantitative estimate of drug-likeness (QED) is 0.199. The average Bonchev–Trinajstić information content (AvgIpc) is 3.16. The molecule has 1 aliphatic rings. The molecule has 1 amide bonds. The van der Waals surface area contributed by atoms with Crippen LogP contribution in [0.15, 0.2) is 91.0 Å². The number of amides is 1. The van der Waals surface area contributed by atoms with Gasteiger partial charge in [0.15, 0.2) is 0 Å². The third-order valence-electron chi connectivity index (χ3n) is 8.07. The predicted octanol–water partition coefficient (Wildman–Crippen LogP) is 9.37. The van der Waals surface area contributed by atoms with E-state index in [9.17, 15) is 4.79 Å². The number of carbonyl (C=O) groups excluding carboxylic acids is 1. The number of hydrogen-bond donors (Lipinski definition) is 0. The topological polar surface area (TPSA) is 48.0 Å². The Kier molecular flexibility index (Phi) is 9.85. The van der Waals surface area contributed by atoms with E-state index >= 15 is 0 Å². The highest BCUT2D eigenvalue weighted by atomic mass is 35.5. The number of nitrogens with zero attached hydrogens (tertiary/aromatic N) is 1. The third kappa shape index (κ3) is 7.39. The normalized spacial score (nSPS) is 16.5. The first-order valence-corrected chi connectivity index (χ1v) is 15.8. The van der Waals surface area contributed by atoms with Crippen LogP contribution in [0.4, 0.5) is 4.79 Å². The zero-order chi connectivity index (χ0) is 31.3. The van der Waals surface area contributed by atoms with Crippen LogP contribution in [0.2, 0.25) is 5.02 Å². The van der Waals surface area contributed by atoms with Crippen molar-refractivity contribution in [3.63, 3.8) is 0 Å². The molecule has 0 spiro atoms. The summed E-state index contributed by atoms with van der Waals surface area (Å²) in [6, 6.07) is 30.5. The van der Waals surface area contributed by atoms with Crippen LogP contribution in [0.1, 0.15) is 73.9 Å². The minimum atomic E-state index is -0.603. The SMILES string of the molecule is CCc1cc2c(c(Cl)c1OCc1ccccc1)CCN(C(=O)OC(C)(C)C)C(C)C2c1ccc(OCc2ccccc2)cc1. The summed E-state index contributed by atoms with van der Waals surface area (Å²) in [6.07, 6.45) is 1.04. The predicted molar refractivity (Wildman–Crippen MR) is 177 cm³/mol. The van der Waals surface area contributed by atoms with Crippen LogP contribution >= 0.6 is 11.6 Å². The summed E-state index contributed by atoms with van der Waals surface area (Å²) in [7, 11) is 0. The fourth-order valence-electron chi connectivity index (χ4n) is 5.85. The van der Waals surface area contributed by atoms with Crippen molar-refractivity contribution in [1.29, 1.82) is 0 Å². The number of halogens is 1. The van der Waals surface area contributed by atoms with Gasteiger partial charge in [-0.25, -0.2) is 4.79 Å². The van der Waals surface area contributed by atoms with E-state index in [0.717, 1.165) is 51.3 Å². The van der Waals surface area contributed by atoms with Crippen LogP contribution in [0.5, 0.6) is 11.5 Å². The monoisotopic (exact) mass is 611 g/mol. The molecule has 0 aliphatic carbocycles. The molecule has 0 fully saturated rings. The van der Waals surface area contributed by atoms with Crippen molar-refractivity contribution >= 4 is 17.7 Å². The molecule has 0 N–H and O–H groups in total. The molecule has 0 bridgehead atoms. The lowest BCUT2D eigenvalue weighted by Gasteiger charge is -2.35. The van der Waals surface area contributed by atoms with E-state index in [0.29, 0.717) is 31.2 Å². The maximum atomic E-state index is 13.5. The molecule has 2 atom stereocenters. The van der Waals surface area contributed by atoms with Gasteiger partial charge in [0.1, 0.15) is 30.3 Å². The first-order valence-electron chi connectivity index (χ1n) is 15.4. The Morgan fingerprint density at radius 1 is 0.886 bits per heavy atom. The van der Waals surface area contributed by atoms with Crippen molar-refractivity contribution in [2.75, 3.05) is 6.54 Å².